The van der Waals surface area contributed by atoms with Gasteiger partial charge in [-0.2, -0.15) is 25.5 Å². The Balaban J connectivity index is 0.000000103. The molecule has 11 aromatic rings. The zero-order valence-corrected chi connectivity index (χ0v) is 30.5. The molecule has 0 atom stereocenters. The van der Waals surface area contributed by atoms with E-state index in [1.165, 1.54) is 21.5 Å². The van der Waals surface area contributed by atoms with Crippen molar-refractivity contribution < 1.29 is 4.74 Å². The Morgan fingerprint density at radius 3 is 1.81 bits per heavy atom. The van der Waals surface area contributed by atoms with E-state index in [-0.39, 0.29) is 0 Å². The summed E-state index contributed by atoms with van der Waals surface area (Å²) in [6, 6.07) is 40.5. The molecule has 5 N–H and O–H groups in total. The van der Waals surface area contributed by atoms with Crippen molar-refractivity contribution >= 4 is 81.2 Å². The summed E-state index contributed by atoms with van der Waals surface area (Å²) >= 11 is 3.37. The zero-order valence-electron chi connectivity index (χ0n) is 28.9. The Morgan fingerprint density at radius 2 is 1.06 bits per heavy atom. The van der Waals surface area contributed by atoms with Crippen LogP contribution in [-0.4, -0.2) is 58.1 Å². The molecule has 0 aliphatic rings. The maximum absolute atomic E-state index is 5.13. The molecule has 0 saturated heterocycles. The summed E-state index contributed by atoms with van der Waals surface area (Å²) < 4.78 is 6.20. The highest BCUT2D eigenvalue weighted by Crippen LogP contribution is 2.23. The van der Waals surface area contributed by atoms with Crippen LogP contribution in [0.5, 0.6) is 5.75 Å². The first-order valence-corrected chi connectivity index (χ1v) is 17.5. The van der Waals surface area contributed by atoms with Gasteiger partial charge in [-0.15, -0.1) is 0 Å². The summed E-state index contributed by atoms with van der Waals surface area (Å²) in [6.45, 7) is 2.02. The topological polar surface area (TPSA) is 153 Å². The highest BCUT2D eigenvalue weighted by atomic mass is 79.9. The average Bonchev–Trinajstić information content (AvgIpc) is 4.06. The third-order valence-electron chi connectivity index (χ3n) is 8.38. The van der Waals surface area contributed by atoms with E-state index in [9.17, 15) is 0 Å². The van der Waals surface area contributed by atoms with E-state index >= 15 is 0 Å². The maximum Gasteiger partial charge on any atom is 0.129 e. The summed E-state index contributed by atoms with van der Waals surface area (Å²) in [7, 11) is 1.65. The van der Waals surface area contributed by atoms with Crippen LogP contribution in [0, 0.1) is 6.92 Å². The minimum Gasteiger partial charge on any atom is -0.496 e. The van der Waals surface area contributed by atoms with E-state index in [2.05, 4.69) is 97.2 Å². The Kier molecular flexibility index (Phi) is 10.8. The van der Waals surface area contributed by atoms with Gasteiger partial charge < -0.3 is 4.74 Å². The van der Waals surface area contributed by atoms with Crippen LogP contribution in [0.25, 0.3) is 65.3 Å². The monoisotopic (exact) mass is 762 g/mol. The summed E-state index contributed by atoms with van der Waals surface area (Å²) in [4.78, 5) is 0. The number of hydrogen-bond acceptors (Lipinski definition) is 6. The van der Waals surface area contributed by atoms with Gasteiger partial charge in [0.05, 0.1) is 64.9 Å². The van der Waals surface area contributed by atoms with E-state index < -0.39 is 0 Å². The van der Waals surface area contributed by atoms with Crippen molar-refractivity contribution in [2.75, 3.05) is 7.11 Å². The normalized spacial score (nSPS) is 10.5. The fraction of sp³-hybridized carbons (Fsp3) is 0.0488. The predicted octanol–water partition coefficient (Wildman–Crippen LogP) is 10.0. The molecule has 262 valence electrons. The molecule has 53 heavy (non-hydrogen) atoms. The number of para-hydroxylation sites is 2. The lowest BCUT2D eigenvalue weighted by molar-refractivity contribution is 0.420. The van der Waals surface area contributed by atoms with E-state index in [4.69, 9.17) is 4.74 Å². The van der Waals surface area contributed by atoms with Crippen molar-refractivity contribution in [3.8, 4) is 5.75 Å². The largest absolute Gasteiger partial charge is 0.496 e. The molecule has 11 nitrogen and oxygen atoms in total. The second kappa shape index (κ2) is 16.5. The lowest BCUT2D eigenvalue weighted by Crippen LogP contribution is -1.81. The van der Waals surface area contributed by atoms with Gasteiger partial charge in [-0.1, -0.05) is 88.7 Å². The maximum atomic E-state index is 5.13. The molecule has 12 heteroatoms. The molecule has 0 aliphatic heterocycles. The van der Waals surface area contributed by atoms with Crippen molar-refractivity contribution in [1.82, 2.24) is 51.0 Å². The lowest BCUT2D eigenvalue weighted by Gasteiger charge is -1.98. The van der Waals surface area contributed by atoms with Gasteiger partial charge in [0.15, 0.2) is 0 Å². The predicted molar refractivity (Wildman–Crippen MR) is 217 cm³/mol. The highest BCUT2D eigenvalue weighted by Gasteiger charge is 2.01. The van der Waals surface area contributed by atoms with Crippen molar-refractivity contribution in [3.63, 3.8) is 0 Å². The third-order valence-corrected chi connectivity index (χ3v) is 8.87. The summed E-state index contributed by atoms with van der Waals surface area (Å²) in [5.41, 5.74) is 6.44. The van der Waals surface area contributed by atoms with Gasteiger partial charge >= 0.3 is 0 Å². The quantitative estimate of drug-likeness (QED) is 0.112. The van der Waals surface area contributed by atoms with Crippen LogP contribution in [0.15, 0.2) is 151 Å². The van der Waals surface area contributed by atoms with Crippen LogP contribution in [0.2, 0.25) is 0 Å². The molecular formula is C41H35BrN10O. The molecule has 0 aliphatic carbocycles. The van der Waals surface area contributed by atoms with Crippen molar-refractivity contribution in [2.24, 2.45) is 0 Å². The van der Waals surface area contributed by atoms with Crippen molar-refractivity contribution in [2.45, 2.75) is 6.92 Å². The van der Waals surface area contributed by atoms with E-state index in [0.717, 1.165) is 59.7 Å². The van der Waals surface area contributed by atoms with E-state index in [0.29, 0.717) is 0 Å². The SMILES string of the molecule is Brc1ccc2cn[nH]c2c1.COc1cccc2[nH]ncc12.Cc1[nH]nc2ccccc12.c1ccc2[nH]ncc2c1.c1ccc2cc3[nH]ncc3cc2c1. The number of fused-ring (bicyclic) bond motifs is 6. The standard InChI is InChI=1S/C11H8N2.C8H8N2O.C8H8N2.C7H5BrN2.C7H6N2/c1-2-4-9-6-11-10(7-12-13-11)5-8(9)3-1;1-11-8-4-2-3-7-6(8)5-9-10-7;1-6-7-4-2-3-5-8(7)10-9-6;8-6-2-1-5-4-9-10-7(5)3-6;1-2-4-7-6(3-1)5-8-9-7/h1-7H,(H,12,13);2-5H,1H3,(H,9,10);2-5H,1H3,(H,9,10);1-4H,(H,9,10);1-5H,(H,8,9). The van der Waals surface area contributed by atoms with E-state index in [1.54, 1.807) is 13.3 Å². The molecule has 0 radical (unpaired) electrons. The molecule has 0 amide bonds. The van der Waals surface area contributed by atoms with Gasteiger partial charge in [0.2, 0.25) is 0 Å². The molecule has 0 fully saturated rings. The number of aromatic nitrogens is 10. The number of ether oxygens (including phenoxy) is 1. The van der Waals surface area contributed by atoms with Gasteiger partial charge in [0.1, 0.15) is 5.75 Å². The van der Waals surface area contributed by atoms with Crippen LogP contribution in [0.3, 0.4) is 0 Å². The van der Waals surface area contributed by atoms with Crippen LogP contribution in [0.4, 0.5) is 0 Å². The number of aryl methyl sites for hydroxylation is 1. The molecule has 0 unspecified atom stereocenters. The molecule has 0 bridgehead atoms. The summed E-state index contributed by atoms with van der Waals surface area (Å²) in [5, 5.41) is 42.5. The second-order valence-corrected chi connectivity index (χ2v) is 12.8. The van der Waals surface area contributed by atoms with Crippen LogP contribution in [0.1, 0.15) is 5.69 Å². The Labute approximate surface area is 311 Å². The Morgan fingerprint density at radius 1 is 0.472 bits per heavy atom. The smallest absolute Gasteiger partial charge is 0.129 e. The first-order chi connectivity index (χ1) is 26.1. The molecule has 0 saturated carbocycles. The van der Waals surface area contributed by atoms with E-state index in [1.807, 2.05) is 117 Å². The van der Waals surface area contributed by atoms with Crippen LogP contribution >= 0.6 is 15.9 Å². The number of H-pyrrole nitrogens is 5. The van der Waals surface area contributed by atoms with Crippen molar-refractivity contribution in [1.29, 1.82) is 0 Å². The molecule has 11 rings (SSSR count). The minimum absolute atomic E-state index is 0.858. The second-order valence-electron chi connectivity index (χ2n) is 11.9. The number of nitrogens with zero attached hydrogens (tertiary/aromatic N) is 5. The molecule has 0 spiro atoms. The highest BCUT2D eigenvalue weighted by molar-refractivity contribution is 9.10. The van der Waals surface area contributed by atoms with Crippen LogP contribution in [-0.2, 0) is 0 Å². The van der Waals surface area contributed by atoms with Gasteiger partial charge in [0, 0.05) is 31.7 Å². The third kappa shape index (κ3) is 8.41. The number of hydrogen-bond donors (Lipinski definition) is 5. The Hall–Kier alpha value is -6.79. The summed E-state index contributed by atoms with van der Waals surface area (Å²) in [5.74, 6) is 0.858. The first-order valence-electron chi connectivity index (χ1n) is 16.7. The lowest BCUT2D eigenvalue weighted by atomic mass is 10.1. The number of aromatic amines is 5. The van der Waals surface area contributed by atoms with Gasteiger partial charge in [-0.05, 0) is 66.2 Å². The fourth-order valence-corrected chi connectivity index (χ4v) is 6.00. The zero-order chi connectivity index (χ0) is 36.4. The molecule has 5 aromatic heterocycles. The van der Waals surface area contributed by atoms with Gasteiger partial charge in [0.25, 0.3) is 0 Å². The number of halogens is 1. The van der Waals surface area contributed by atoms with Crippen molar-refractivity contribution in [3.05, 3.63) is 156 Å². The minimum atomic E-state index is 0.858. The first kappa shape index (κ1) is 34.6. The summed E-state index contributed by atoms with van der Waals surface area (Å²) in [6.07, 6.45) is 7.23. The Bertz CT molecular complexity index is 2770. The average molecular weight is 764 g/mol. The van der Waals surface area contributed by atoms with Gasteiger partial charge in [-0.3, -0.25) is 25.5 Å². The molecule has 6 aromatic carbocycles. The molecule has 5 heterocycles. The van der Waals surface area contributed by atoms with Crippen LogP contribution < -0.4 is 4.74 Å². The number of rotatable bonds is 1. The number of methoxy groups -OCH3 is 1. The fourth-order valence-electron chi connectivity index (χ4n) is 5.64. The number of benzene rings is 6. The van der Waals surface area contributed by atoms with Gasteiger partial charge in [-0.25, -0.2) is 0 Å². The number of nitrogens with one attached hydrogen (secondary N) is 5. The molecular weight excluding hydrogens is 728 g/mol.